The zero-order valence-electron chi connectivity index (χ0n) is 10.9. The number of benzene rings is 1. The first-order valence-corrected chi connectivity index (χ1v) is 6.10. The van der Waals surface area contributed by atoms with Gasteiger partial charge in [0.1, 0.15) is 0 Å². The minimum Gasteiger partial charge on any atom is -0.394 e. The number of nitrogens with one attached hydrogen (secondary N) is 1. The molecule has 0 aliphatic carbocycles. The average Bonchev–Trinajstić information content (AvgIpc) is 2.32. The quantitative estimate of drug-likeness (QED) is 0.763. The van der Waals surface area contributed by atoms with E-state index in [0.29, 0.717) is 12.5 Å². The molecule has 0 bridgehead atoms. The lowest BCUT2D eigenvalue weighted by atomic mass is 10.0. The van der Waals surface area contributed by atoms with Gasteiger partial charge in [-0.2, -0.15) is 0 Å². The third kappa shape index (κ3) is 4.46. The van der Waals surface area contributed by atoms with Crippen LogP contribution in [0.4, 0.5) is 0 Å². The number of methoxy groups -OCH3 is 1. The number of aliphatic hydroxyl groups is 1. The van der Waals surface area contributed by atoms with Crippen molar-refractivity contribution in [3.8, 4) is 0 Å². The molecule has 3 nitrogen and oxygen atoms in total. The molecule has 0 aromatic heterocycles. The zero-order valence-corrected chi connectivity index (χ0v) is 10.9. The Morgan fingerprint density at radius 2 is 2.00 bits per heavy atom. The van der Waals surface area contributed by atoms with Crippen LogP contribution in [0.5, 0.6) is 0 Å². The van der Waals surface area contributed by atoms with E-state index in [1.807, 2.05) is 24.3 Å². The minimum atomic E-state index is -0.0104. The largest absolute Gasteiger partial charge is 0.394 e. The van der Waals surface area contributed by atoms with Crippen molar-refractivity contribution >= 4 is 0 Å². The van der Waals surface area contributed by atoms with Crippen molar-refractivity contribution in [3.05, 3.63) is 35.4 Å². The lowest BCUT2D eigenvalue weighted by molar-refractivity contribution is 0.181. The summed E-state index contributed by atoms with van der Waals surface area (Å²) in [6.07, 6.45) is 0. The molecule has 0 heterocycles. The zero-order chi connectivity index (χ0) is 12.7. The standard InChI is InChI=1S/C14H23NO2/c1-11(2)8-15-14(9-16)13-7-5-4-6-12(13)10-17-3/h4-7,11,14-16H,8-10H2,1-3H3. The molecule has 0 saturated heterocycles. The lowest BCUT2D eigenvalue weighted by Gasteiger charge is -2.21. The predicted octanol–water partition coefficient (Wildman–Crippen LogP) is 2.11. The van der Waals surface area contributed by atoms with Crippen LogP contribution < -0.4 is 5.32 Å². The Hall–Kier alpha value is -0.900. The summed E-state index contributed by atoms with van der Waals surface area (Å²) in [5.74, 6) is 0.568. The van der Waals surface area contributed by atoms with E-state index in [4.69, 9.17) is 4.74 Å². The molecule has 0 aliphatic heterocycles. The molecule has 96 valence electrons. The number of ether oxygens (including phenoxy) is 1. The summed E-state index contributed by atoms with van der Waals surface area (Å²) in [7, 11) is 1.69. The molecule has 0 fully saturated rings. The summed E-state index contributed by atoms with van der Waals surface area (Å²) >= 11 is 0. The first kappa shape index (κ1) is 14.2. The molecule has 1 aromatic carbocycles. The molecular formula is C14H23NO2. The fourth-order valence-electron chi connectivity index (χ4n) is 1.81. The maximum Gasteiger partial charge on any atom is 0.0716 e. The predicted molar refractivity (Wildman–Crippen MR) is 69.8 cm³/mol. The summed E-state index contributed by atoms with van der Waals surface area (Å²) < 4.78 is 5.18. The molecule has 1 unspecified atom stereocenters. The average molecular weight is 237 g/mol. The van der Waals surface area contributed by atoms with Gasteiger partial charge in [-0.15, -0.1) is 0 Å². The van der Waals surface area contributed by atoms with Gasteiger partial charge in [0, 0.05) is 7.11 Å². The molecule has 1 atom stereocenters. The van der Waals surface area contributed by atoms with E-state index in [1.165, 1.54) is 0 Å². The van der Waals surface area contributed by atoms with Crippen molar-refractivity contribution in [1.29, 1.82) is 0 Å². The topological polar surface area (TPSA) is 41.5 Å². The van der Waals surface area contributed by atoms with Crippen LogP contribution in [0.25, 0.3) is 0 Å². The Morgan fingerprint density at radius 1 is 1.29 bits per heavy atom. The van der Waals surface area contributed by atoms with Crippen LogP contribution >= 0.6 is 0 Å². The third-order valence-corrected chi connectivity index (χ3v) is 2.69. The molecule has 1 rings (SSSR count). The van der Waals surface area contributed by atoms with Crippen molar-refractivity contribution < 1.29 is 9.84 Å². The highest BCUT2D eigenvalue weighted by molar-refractivity contribution is 5.29. The summed E-state index contributed by atoms with van der Waals surface area (Å²) in [4.78, 5) is 0. The first-order valence-electron chi connectivity index (χ1n) is 6.10. The molecular weight excluding hydrogens is 214 g/mol. The van der Waals surface area contributed by atoms with E-state index in [0.717, 1.165) is 17.7 Å². The second-order valence-corrected chi connectivity index (χ2v) is 4.67. The summed E-state index contributed by atoms with van der Waals surface area (Å²) in [5, 5.41) is 12.9. The maximum absolute atomic E-state index is 9.48. The van der Waals surface area contributed by atoms with Crippen LogP contribution in [-0.4, -0.2) is 25.4 Å². The summed E-state index contributed by atoms with van der Waals surface area (Å²) in [6, 6.07) is 8.06. The molecule has 0 spiro atoms. The molecule has 0 aliphatic rings. The second kappa shape index (κ2) is 7.43. The van der Waals surface area contributed by atoms with Crippen molar-refractivity contribution in [2.24, 2.45) is 5.92 Å². The van der Waals surface area contributed by atoms with Crippen molar-refractivity contribution in [2.45, 2.75) is 26.5 Å². The maximum atomic E-state index is 9.48. The summed E-state index contributed by atoms with van der Waals surface area (Å²) in [5.41, 5.74) is 2.25. The summed E-state index contributed by atoms with van der Waals surface area (Å²) in [6.45, 7) is 5.89. The van der Waals surface area contributed by atoms with E-state index in [2.05, 4.69) is 19.2 Å². The van der Waals surface area contributed by atoms with Gasteiger partial charge in [0.15, 0.2) is 0 Å². The van der Waals surface area contributed by atoms with Crippen LogP contribution in [0.15, 0.2) is 24.3 Å². The molecule has 17 heavy (non-hydrogen) atoms. The van der Waals surface area contributed by atoms with Crippen LogP contribution in [0.3, 0.4) is 0 Å². The first-order chi connectivity index (χ1) is 8.19. The molecule has 2 N–H and O–H groups in total. The van der Waals surface area contributed by atoms with Gasteiger partial charge in [0.05, 0.1) is 19.3 Å². The normalized spacial score (nSPS) is 13.0. The van der Waals surface area contributed by atoms with Gasteiger partial charge in [0.2, 0.25) is 0 Å². The number of rotatable bonds is 7. The second-order valence-electron chi connectivity index (χ2n) is 4.67. The van der Waals surface area contributed by atoms with Gasteiger partial charge in [-0.25, -0.2) is 0 Å². The Labute approximate surface area is 104 Å². The van der Waals surface area contributed by atoms with Crippen LogP contribution in [-0.2, 0) is 11.3 Å². The molecule has 0 amide bonds. The number of hydrogen-bond acceptors (Lipinski definition) is 3. The Balaban J connectivity index is 2.79. The Kier molecular flexibility index (Phi) is 6.19. The highest BCUT2D eigenvalue weighted by Crippen LogP contribution is 2.18. The van der Waals surface area contributed by atoms with Crippen LogP contribution in [0.1, 0.15) is 31.0 Å². The van der Waals surface area contributed by atoms with Crippen molar-refractivity contribution in [1.82, 2.24) is 5.32 Å². The molecule has 1 aromatic rings. The van der Waals surface area contributed by atoms with E-state index >= 15 is 0 Å². The fraction of sp³-hybridized carbons (Fsp3) is 0.571. The molecule has 0 saturated carbocycles. The third-order valence-electron chi connectivity index (χ3n) is 2.69. The molecule has 3 heteroatoms. The lowest BCUT2D eigenvalue weighted by Crippen LogP contribution is -2.28. The number of aliphatic hydroxyl groups excluding tert-OH is 1. The van der Waals surface area contributed by atoms with Gasteiger partial charge in [0.25, 0.3) is 0 Å². The Morgan fingerprint density at radius 3 is 2.59 bits per heavy atom. The fourth-order valence-corrected chi connectivity index (χ4v) is 1.81. The van der Waals surface area contributed by atoms with E-state index < -0.39 is 0 Å². The smallest absolute Gasteiger partial charge is 0.0716 e. The van der Waals surface area contributed by atoms with Gasteiger partial charge < -0.3 is 15.2 Å². The van der Waals surface area contributed by atoms with E-state index in [-0.39, 0.29) is 12.6 Å². The van der Waals surface area contributed by atoms with Gasteiger partial charge in [-0.05, 0) is 23.6 Å². The van der Waals surface area contributed by atoms with Gasteiger partial charge in [-0.3, -0.25) is 0 Å². The molecule has 0 radical (unpaired) electrons. The van der Waals surface area contributed by atoms with Gasteiger partial charge in [-0.1, -0.05) is 38.1 Å². The Bertz CT molecular complexity index is 326. The number of hydrogen-bond donors (Lipinski definition) is 2. The van der Waals surface area contributed by atoms with E-state index in [1.54, 1.807) is 7.11 Å². The van der Waals surface area contributed by atoms with Crippen LogP contribution in [0.2, 0.25) is 0 Å². The van der Waals surface area contributed by atoms with Crippen LogP contribution in [0, 0.1) is 5.92 Å². The highest BCUT2D eigenvalue weighted by Gasteiger charge is 2.13. The van der Waals surface area contributed by atoms with Crippen molar-refractivity contribution in [3.63, 3.8) is 0 Å². The minimum absolute atomic E-state index is 0.0104. The van der Waals surface area contributed by atoms with Gasteiger partial charge >= 0.3 is 0 Å². The monoisotopic (exact) mass is 237 g/mol. The van der Waals surface area contributed by atoms with E-state index in [9.17, 15) is 5.11 Å². The van der Waals surface area contributed by atoms with Crippen molar-refractivity contribution in [2.75, 3.05) is 20.3 Å². The highest BCUT2D eigenvalue weighted by atomic mass is 16.5. The SMILES string of the molecule is COCc1ccccc1C(CO)NCC(C)C.